The second kappa shape index (κ2) is 12.5. The van der Waals surface area contributed by atoms with Crippen molar-refractivity contribution >= 4 is 11.8 Å². The van der Waals surface area contributed by atoms with Gasteiger partial charge in [0, 0.05) is 25.2 Å². The molecule has 200 valence electrons. The monoisotopic (exact) mass is 522 g/mol. The quantitative estimate of drug-likeness (QED) is 0.227. The summed E-state index contributed by atoms with van der Waals surface area (Å²) in [6.07, 6.45) is -3.51. The maximum Gasteiger partial charge on any atom is 0.330 e. The lowest BCUT2D eigenvalue weighted by molar-refractivity contribution is -0.141. The van der Waals surface area contributed by atoms with Crippen LogP contribution in [0, 0.1) is 0 Å². The molecule has 5 atom stereocenters. The highest BCUT2D eigenvalue weighted by molar-refractivity contribution is 5.90. The number of aromatic amines is 1. The molecule has 1 saturated heterocycles. The van der Waals surface area contributed by atoms with E-state index < -0.39 is 53.6 Å². The normalized spacial score (nSPS) is 21.5. The standard InChI is InChI=1S/C27H30N4O7/c32-20-13-15-31(27(37)30-20)26-22(34)21(33)23(38-26)25(36)29-19(16-18-10-5-2-6-11-18)24(35)28-14-7-12-17-8-3-1-4-9-17/h1-6,8-11,13,15,19,21-23,26,33-34H,7,12,14,16H2,(H,28,35)(H,29,36)(H,30,32,37)/t19-,21+,22-,23+,26-/m1/s1. The largest absolute Gasteiger partial charge is 0.387 e. The number of H-pyrrole nitrogens is 1. The molecule has 0 aliphatic carbocycles. The van der Waals surface area contributed by atoms with Crippen LogP contribution in [0.1, 0.15) is 23.8 Å². The molecule has 0 radical (unpaired) electrons. The van der Waals surface area contributed by atoms with Gasteiger partial charge in [-0.2, -0.15) is 0 Å². The molecular weight excluding hydrogens is 492 g/mol. The first-order chi connectivity index (χ1) is 18.3. The fourth-order valence-corrected chi connectivity index (χ4v) is 4.32. The van der Waals surface area contributed by atoms with E-state index in [1.807, 2.05) is 65.6 Å². The second-order valence-electron chi connectivity index (χ2n) is 9.08. The van der Waals surface area contributed by atoms with Crippen LogP contribution in [0.25, 0.3) is 0 Å². The van der Waals surface area contributed by atoms with Gasteiger partial charge < -0.3 is 25.6 Å². The summed E-state index contributed by atoms with van der Waals surface area (Å²) in [4.78, 5) is 51.7. The van der Waals surface area contributed by atoms with Gasteiger partial charge in [0.15, 0.2) is 12.3 Å². The number of nitrogens with one attached hydrogen (secondary N) is 3. The highest BCUT2D eigenvalue weighted by Gasteiger charge is 2.48. The van der Waals surface area contributed by atoms with E-state index in [0.29, 0.717) is 13.0 Å². The summed E-state index contributed by atoms with van der Waals surface area (Å²) < 4.78 is 6.41. The first-order valence-corrected chi connectivity index (χ1v) is 12.3. The molecule has 1 aromatic heterocycles. The summed E-state index contributed by atoms with van der Waals surface area (Å²) >= 11 is 0. The molecule has 1 fully saturated rings. The topological polar surface area (TPSA) is 163 Å². The third-order valence-corrected chi connectivity index (χ3v) is 6.32. The number of carbonyl (C=O) groups is 2. The van der Waals surface area contributed by atoms with Gasteiger partial charge in [-0.15, -0.1) is 0 Å². The van der Waals surface area contributed by atoms with Gasteiger partial charge in [-0.25, -0.2) is 4.79 Å². The Hall–Kier alpha value is -4.06. The van der Waals surface area contributed by atoms with Crippen LogP contribution in [0.15, 0.2) is 82.5 Å². The van der Waals surface area contributed by atoms with Crippen LogP contribution in [0.5, 0.6) is 0 Å². The Balaban J connectivity index is 1.42. The average Bonchev–Trinajstić information content (AvgIpc) is 3.21. The van der Waals surface area contributed by atoms with E-state index in [0.717, 1.165) is 34.4 Å². The fraction of sp³-hybridized carbons (Fsp3) is 0.333. The molecule has 11 nitrogen and oxygen atoms in total. The molecule has 38 heavy (non-hydrogen) atoms. The van der Waals surface area contributed by atoms with Crippen molar-refractivity contribution in [2.24, 2.45) is 0 Å². The van der Waals surface area contributed by atoms with Crippen LogP contribution < -0.4 is 21.9 Å². The van der Waals surface area contributed by atoms with E-state index in [2.05, 4.69) is 10.6 Å². The Morgan fingerprint density at radius 3 is 2.26 bits per heavy atom. The van der Waals surface area contributed by atoms with Gasteiger partial charge in [-0.3, -0.25) is 23.9 Å². The summed E-state index contributed by atoms with van der Waals surface area (Å²) in [6, 6.07) is 19.1. The molecule has 0 spiro atoms. The number of hydrogen-bond donors (Lipinski definition) is 5. The minimum Gasteiger partial charge on any atom is -0.387 e. The van der Waals surface area contributed by atoms with Crippen molar-refractivity contribution in [3.05, 3.63) is 105 Å². The highest BCUT2D eigenvalue weighted by Crippen LogP contribution is 2.28. The lowest BCUT2D eigenvalue weighted by atomic mass is 10.0. The van der Waals surface area contributed by atoms with Gasteiger partial charge in [0.05, 0.1) is 0 Å². The van der Waals surface area contributed by atoms with E-state index in [1.165, 1.54) is 0 Å². The third-order valence-electron chi connectivity index (χ3n) is 6.32. The van der Waals surface area contributed by atoms with Crippen LogP contribution in [-0.2, 0) is 27.2 Å². The molecule has 2 heterocycles. The van der Waals surface area contributed by atoms with Crippen molar-refractivity contribution in [1.82, 2.24) is 20.2 Å². The average molecular weight is 523 g/mol. The van der Waals surface area contributed by atoms with Gasteiger partial charge in [0.1, 0.15) is 18.2 Å². The zero-order valence-corrected chi connectivity index (χ0v) is 20.5. The van der Waals surface area contributed by atoms with Crippen molar-refractivity contribution in [1.29, 1.82) is 0 Å². The van der Waals surface area contributed by atoms with Crippen LogP contribution in [-0.4, -0.2) is 62.5 Å². The summed E-state index contributed by atoms with van der Waals surface area (Å²) in [5, 5.41) is 26.4. The van der Waals surface area contributed by atoms with Crippen molar-refractivity contribution in [3.63, 3.8) is 0 Å². The van der Waals surface area contributed by atoms with Crippen molar-refractivity contribution < 1.29 is 24.5 Å². The van der Waals surface area contributed by atoms with Crippen molar-refractivity contribution in [2.45, 2.75) is 49.8 Å². The molecule has 1 aliphatic heterocycles. The molecule has 0 saturated carbocycles. The number of aliphatic hydroxyl groups excluding tert-OH is 2. The maximum absolute atomic E-state index is 13.1. The Morgan fingerprint density at radius 2 is 1.61 bits per heavy atom. The highest BCUT2D eigenvalue weighted by atomic mass is 16.6. The number of rotatable bonds is 10. The smallest absolute Gasteiger partial charge is 0.330 e. The molecule has 0 unspecified atom stereocenters. The van der Waals surface area contributed by atoms with Crippen molar-refractivity contribution in [3.8, 4) is 0 Å². The molecule has 5 N–H and O–H groups in total. The minimum atomic E-state index is -1.68. The number of hydrogen-bond acceptors (Lipinski definition) is 7. The lowest BCUT2D eigenvalue weighted by Crippen LogP contribution is -2.53. The zero-order valence-electron chi connectivity index (χ0n) is 20.5. The molecule has 3 aromatic rings. The molecule has 11 heteroatoms. The Bertz CT molecular complexity index is 1340. The molecule has 0 bridgehead atoms. The van der Waals surface area contributed by atoms with Gasteiger partial charge in [0.25, 0.3) is 11.5 Å². The predicted molar refractivity (Wildman–Crippen MR) is 137 cm³/mol. The van der Waals surface area contributed by atoms with Gasteiger partial charge >= 0.3 is 5.69 Å². The Kier molecular flexibility index (Phi) is 8.85. The Labute approximate surface area is 218 Å². The lowest BCUT2D eigenvalue weighted by Gasteiger charge is -2.22. The van der Waals surface area contributed by atoms with Gasteiger partial charge in [-0.05, 0) is 24.0 Å². The van der Waals surface area contributed by atoms with Gasteiger partial charge in [-0.1, -0.05) is 60.7 Å². The van der Waals surface area contributed by atoms with E-state index in [4.69, 9.17) is 4.74 Å². The van der Waals surface area contributed by atoms with Crippen LogP contribution in [0.2, 0.25) is 0 Å². The van der Waals surface area contributed by atoms with E-state index in [9.17, 15) is 29.4 Å². The summed E-state index contributed by atoms with van der Waals surface area (Å²) in [5.41, 5.74) is 0.444. The number of carbonyl (C=O) groups excluding carboxylic acids is 2. The molecule has 2 amide bonds. The van der Waals surface area contributed by atoms with Crippen LogP contribution in [0.4, 0.5) is 0 Å². The summed E-state index contributed by atoms with van der Waals surface area (Å²) in [6.45, 7) is 0.396. The molecular formula is C27H30N4O7. The molecule has 2 aromatic carbocycles. The van der Waals surface area contributed by atoms with E-state index >= 15 is 0 Å². The summed E-state index contributed by atoms with van der Waals surface area (Å²) in [5.74, 6) is -1.23. The predicted octanol–water partition coefficient (Wildman–Crippen LogP) is -0.368. The number of aliphatic hydroxyl groups is 2. The maximum atomic E-state index is 13.1. The van der Waals surface area contributed by atoms with Gasteiger partial charge in [0.2, 0.25) is 5.91 Å². The number of nitrogens with zero attached hydrogens (tertiary/aromatic N) is 1. The molecule has 1 aliphatic rings. The second-order valence-corrected chi connectivity index (χ2v) is 9.08. The number of benzene rings is 2. The third kappa shape index (κ3) is 6.62. The van der Waals surface area contributed by atoms with Crippen molar-refractivity contribution in [2.75, 3.05) is 6.54 Å². The Morgan fingerprint density at radius 1 is 0.947 bits per heavy atom. The number of ether oxygens (including phenoxy) is 1. The molecule has 4 rings (SSSR count). The number of aryl methyl sites for hydroxylation is 1. The summed E-state index contributed by atoms with van der Waals surface area (Å²) in [7, 11) is 0. The zero-order chi connectivity index (χ0) is 27.1. The minimum absolute atomic E-state index is 0.186. The number of amides is 2. The SMILES string of the molecule is O=C(N[C@H](Cc1ccccc1)C(=O)NCCCc1ccccc1)[C@H]1O[C@@H](n2ccc(=O)[nH]c2=O)[C@H](O)[C@@H]1O. The van der Waals surface area contributed by atoms with E-state index in [-0.39, 0.29) is 6.42 Å². The number of aromatic nitrogens is 2. The fourth-order valence-electron chi connectivity index (χ4n) is 4.32. The van der Waals surface area contributed by atoms with E-state index in [1.54, 1.807) is 0 Å². The van der Waals surface area contributed by atoms with Crippen LogP contribution >= 0.6 is 0 Å². The van der Waals surface area contributed by atoms with Crippen LogP contribution in [0.3, 0.4) is 0 Å². The first kappa shape index (κ1) is 27.0. The first-order valence-electron chi connectivity index (χ1n) is 12.3.